The highest BCUT2D eigenvalue weighted by atomic mass is 35.5. The van der Waals surface area contributed by atoms with Crippen molar-refractivity contribution in [2.75, 3.05) is 23.7 Å². The second-order valence-corrected chi connectivity index (χ2v) is 11.7. The van der Waals surface area contributed by atoms with Crippen LogP contribution < -0.4 is 9.62 Å². The van der Waals surface area contributed by atoms with Crippen molar-refractivity contribution in [1.82, 2.24) is 10.2 Å². The summed E-state index contributed by atoms with van der Waals surface area (Å²) < 4.78 is 26.3. The van der Waals surface area contributed by atoms with Crippen molar-refractivity contribution in [3.05, 3.63) is 62.6 Å². The molecule has 0 aromatic heterocycles. The third-order valence-electron chi connectivity index (χ3n) is 5.63. The molecule has 2 amide bonds. The Morgan fingerprint density at radius 3 is 2.17 bits per heavy atom. The van der Waals surface area contributed by atoms with E-state index in [-0.39, 0.29) is 33.2 Å². The number of benzene rings is 2. The lowest BCUT2D eigenvalue weighted by atomic mass is 10.1. The number of unbranched alkanes of at least 4 members (excludes halogenated alkanes) is 1. The Hall–Kier alpha value is -2.00. The van der Waals surface area contributed by atoms with Gasteiger partial charge in [-0.15, -0.1) is 0 Å². The van der Waals surface area contributed by atoms with Crippen molar-refractivity contribution in [2.45, 2.75) is 52.6 Å². The number of hydrogen-bond donors (Lipinski definition) is 1. The maximum absolute atomic E-state index is 13.7. The lowest BCUT2D eigenvalue weighted by Gasteiger charge is -2.33. The van der Waals surface area contributed by atoms with Crippen LogP contribution in [0.1, 0.15) is 44.2 Å². The zero-order valence-corrected chi connectivity index (χ0v) is 23.9. The van der Waals surface area contributed by atoms with E-state index in [4.69, 9.17) is 34.8 Å². The summed E-state index contributed by atoms with van der Waals surface area (Å²) in [6.45, 7) is 5.83. The second-order valence-electron chi connectivity index (χ2n) is 8.56. The summed E-state index contributed by atoms with van der Waals surface area (Å²) in [6, 6.07) is 9.42. The number of aryl methyl sites for hydroxylation is 1. The van der Waals surface area contributed by atoms with Crippen molar-refractivity contribution in [3.8, 4) is 0 Å². The van der Waals surface area contributed by atoms with Gasteiger partial charge in [-0.1, -0.05) is 84.9 Å². The van der Waals surface area contributed by atoms with E-state index in [9.17, 15) is 18.0 Å². The third-order valence-corrected chi connectivity index (χ3v) is 7.78. The number of carbonyl (C=O) groups excluding carboxylic acids is 2. The highest BCUT2D eigenvalue weighted by Crippen LogP contribution is 2.35. The fraction of sp³-hybridized carbons (Fsp3) is 0.440. The van der Waals surface area contributed by atoms with Gasteiger partial charge in [0.25, 0.3) is 0 Å². The SMILES string of the molecule is CCCCNC(=O)C(CC)N(Cc1ccc(C)cc1)C(=O)CN(c1cc(Cl)c(Cl)cc1Cl)S(C)(=O)=O. The smallest absolute Gasteiger partial charge is 0.244 e. The van der Waals surface area contributed by atoms with Crippen molar-refractivity contribution in [2.24, 2.45) is 0 Å². The normalized spacial score (nSPS) is 12.2. The number of nitrogens with zero attached hydrogens (tertiary/aromatic N) is 2. The van der Waals surface area contributed by atoms with Gasteiger partial charge in [0.15, 0.2) is 0 Å². The number of carbonyl (C=O) groups is 2. The molecule has 2 aromatic rings. The molecular formula is C25H32Cl3N3O4S. The highest BCUT2D eigenvalue weighted by molar-refractivity contribution is 7.92. The van der Waals surface area contributed by atoms with Gasteiger partial charge in [0.05, 0.1) is 27.0 Å². The first kappa shape index (κ1) is 30.2. The van der Waals surface area contributed by atoms with Crippen molar-refractivity contribution in [3.63, 3.8) is 0 Å². The average Bonchev–Trinajstić information content (AvgIpc) is 2.80. The summed E-state index contributed by atoms with van der Waals surface area (Å²) in [7, 11) is -3.95. The zero-order valence-electron chi connectivity index (χ0n) is 20.9. The first-order valence-corrected chi connectivity index (χ1v) is 14.6. The molecule has 198 valence electrons. The third kappa shape index (κ3) is 8.26. The van der Waals surface area contributed by atoms with E-state index >= 15 is 0 Å². The number of sulfonamides is 1. The van der Waals surface area contributed by atoms with Crippen molar-refractivity contribution in [1.29, 1.82) is 0 Å². The van der Waals surface area contributed by atoms with Gasteiger partial charge in [0.2, 0.25) is 21.8 Å². The molecule has 0 heterocycles. The maximum atomic E-state index is 13.7. The molecule has 7 nitrogen and oxygen atoms in total. The number of anilines is 1. The average molecular weight is 577 g/mol. The monoisotopic (exact) mass is 575 g/mol. The summed E-state index contributed by atoms with van der Waals surface area (Å²) in [6.07, 6.45) is 3.04. The molecule has 0 aliphatic heterocycles. The molecule has 1 unspecified atom stereocenters. The van der Waals surface area contributed by atoms with E-state index in [1.54, 1.807) is 0 Å². The van der Waals surface area contributed by atoms with E-state index < -0.39 is 28.5 Å². The van der Waals surface area contributed by atoms with Gasteiger partial charge in [0.1, 0.15) is 12.6 Å². The Bertz CT molecular complexity index is 1170. The Morgan fingerprint density at radius 2 is 1.61 bits per heavy atom. The molecule has 2 aromatic carbocycles. The van der Waals surface area contributed by atoms with Crippen LogP contribution >= 0.6 is 34.8 Å². The summed E-state index contributed by atoms with van der Waals surface area (Å²) >= 11 is 18.4. The van der Waals surface area contributed by atoms with E-state index in [1.165, 1.54) is 17.0 Å². The van der Waals surface area contributed by atoms with Crippen LogP contribution in [0.25, 0.3) is 0 Å². The van der Waals surface area contributed by atoms with E-state index in [0.717, 1.165) is 34.5 Å². The fourth-order valence-corrected chi connectivity index (χ4v) is 5.16. The highest BCUT2D eigenvalue weighted by Gasteiger charge is 2.32. The Labute approximate surface area is 228 Å². The van der Waals surface area contributed by atoms with E-state index in [2.05, 4.69) is 5.32 Å². The molecule has 0 saturated heterocycles. The fourth-order valence-electron chi connectivity index (χ4n) is 3.61. The Kier molecular flexibility index (Phi) is 11.3. The number of nitrogens with one attached hydrogen (secondary N) is 1. The summed E-state index contributed by atoms with van der Waals surface area (Å²) in [5.41, 5.74) is 1.89. The minimum Gasteiger partial charge on any atom is -0.354 e. The van der Waals surface area contributed by atoms with Crippen LogP contribution in [0.2, 0.25) is 15.1 Å². The molecule has 0 aliphatic carbocycles. The summed E-state index contributed by atoms with van der Waals surface area (Å²) in [5, 5.41) is 3.16. The van der Waals surface area contributed by atoms with Crippen LogP contribution in [0, 0.1) is 6.92 Å². The van der Waals surface area contributed by atoms with Crippen molar-refractivity contribution >= 4 is 62.3 Å². The predicted molar refractivity (Wildman–Crippen MR) is 147 cm³/mol. The first-order chi connectivity index (χ1) is 16.9. The maximum Gasteiger partial charge on any atom is 0.244 e. The van der Waals surface area contributed by atoms with Gasteiger partial charge in [-0.05, 0) is 37.5 Å². The summed E-state index contributed by atoms with van der Waals surface area (Å²) in [5.74, 6) is -0.842. The zero-order chi connectivity index (χ0) is 27.0. The van der Waals surface area contributed by atoms with Gasteiger partial charge in [-0.2, -0.15) is 0 Å². The molecule has 0 aliphatic rings. The molecule has 2 rings (SSSR count). The second kappa shape index (κ2) is 13.5. The molecule has 1 atom stereocenters. The quantitative estimate of drug-likeness (QED) is 0.269. The number of hydrogen-bond acceptors (Lipinski definition) is 4. The lowest BCUT2D eigenvalue weighted by molar-refractivity contribution is -0.140. The van der Waals surface area contributed by atoms with Crippen LogP contribution in [-0.4, -0.2) is 50.5 Å². The van der Waals surface area contributed by atoms with Gasteiger partial charge in [0, 0.05) is 13.1 Å². The molecule has 0 bridgehead atoms. The molecule has 11 heteroatoms. The van der Waals surface area contributed by atoms with Crippen LogP contribution in [0.15, 0.2) is 36.4 Å². The molecule has 0 radical (unpaired) electrons. The molecule has 1 N–H and O–H groups in total. The minimum absolute atomic E-state index is 0.0251. The minimum atomic E-state index is -3.95. The van der Waals surface area contributed by atoms with Gasteiger partial charge in [-0.3, -0.25) is 13.9 Å². The van der Waals surface area contributed by atoms with E-state index in [1.807, 2.05) is 45.0 Å². The lowest BCUT2D eigenvalue weighted by Crippen LogP contribution is -2.52. The molecule has 36 heavy (non-hydrogen) atoms. The molecule has 0 fully saturated rings. The van der Waals surface area contributed by atoms with Crippen LogP contribution in [0.4, 0.5) is 5.69 Å². The standard InChI is InChI=1S/C25H32Cl3N3O4S/c1-5-7-12-29-25(33)22(6-2)30(15-18-10-8-17(3)9-11-18)24(32)16-31(36(4,34)35)23-14-20(27)19(26)13-21(23)28/h8-11,13-14,22H,5-7,12,15-16H2,1-4H3,(H,29,33). The molecular weight excluding hydrogens is 545 g/mol. The summed E-state index contributed by atoms with van der Waals surface area (Å²) in [4.78, 5) is 28.1. The largest absolute Gasteiger partial charge is 0.354 e. The van der Waals surface area contributed by atoms with Gasteiger partial charge in [-0.25, -0.2) is 8.42 Å². The Morgan fingerprint density at radius 1 is 1.00 bits per heavy atom. The first-order valence-electron chi connectivity index (χ1n) is 11.6. The van der Waals surface area contributed by atoms with E-state index in [0.29, 0.717) is 13.0 Å². The number of amides is 2. The predicted octanol–water partition coefficient (Wildman–Crippen LogP) is 5.44. The van der Waals surface area contributed by atoms with Crippen molar-refractivity contribution < 1.29 is 18.0 Å². The number of halogens is 3. The van der Waals surface area contributed by atoms with Gasteiger partial charge >= 0.3 is 0 Å². The number of rotatable bonds is 12. The Balaban J connectivity index is 2.46. The van der Waals surface area contributed by atoms with Crippen LogP contribution in [0.3, 0.4) is 0 Å². The van der Waals surface area contributed by atoms with Gasteiger partial charge < -0.3 is 10.2 Å². The molecule has 0 saturated carbocycles. The molecule has 0 spiro atoms. The van der Waals surface area contributed by atoms with Crippen LogP contribution in [-0.2, 0) is 26.2 Å². The topological polar surface area (TPSA) is 86.8 Å². The van der Waals surface area contributed by atoms with Crippen LogP contribution in [0.5, 0.6) is 0 Å².